The fraction of sp³-hybridized carbons (Fsp3) is 0.182. The minimum absolute atomic E-state index is 0. The molecule has 0 saturated carbocycles. The largest absolute Gasteiger partial charge is 0.275 e. The van der Waals surface area contributed by atoms with Crippen LogP contribution in [0.3, 0.4) is 0 Å². The van der Waals surface area contributed by atoms with E-state index in [1.165, 1.54) is 6.07 Å². The Hall–Kier alpha value is -1.06. The number of hydrogen-bond donors (Lipinski definition) is 0. The Morgan fingerprint density at radius 2 is 2.12 bits per heavy atom. The topological polar surface area (TPSA) is 17.8 Å². The highest BCUT2D eigenvalue weighted by molar-refractivity contribution is 6.17. The van der Waals surface area contributed by atoms with Crippen molar-refractivity contribution in [1.29, 1.82) is 0 Å². The highest BCUT2D eigenvalue weighted by Gasteiger charge is 2.05. The normalized spacial score (nSPS) is 9.94. The number of aryl methyl sites for hydroxylation is 1. The molecule has 0 N–H and O–H groups in total. The van der Waals surface area contributed by atoms with E-state index in [1.54, 1.807) is 16.9 Å². The molecule has 0 radical (unpaired) electrons. The van der Waals surface area contributed by atoms with E-state index in [0.29, 0.717) is 5.56 Å². The van der Waals surface area contributed by atoms with E-state index in [4.69, 9.17) is 11.6 Å². The molecule has 0 fully saturated rings. The van der Waals surface area contributed by atoms with Crippen LogP contribution >= 0.6 is 24.0 Å². The number of nitrogens with zero attached hydrogens (tertiary/aromatic N) is 2. The van der Waals surface area contributed by atoms with Crippen LogP contribution in [0.4, 0.5) is 4.39 Å². The van der Waals surface area contributed by atoms with Gasteiger partial charge in [0.25, 0.3) is 0 Å². The van der Waals surface area contributed by atoms with Gasteiger partial charge in [-0.3, -0.25) is 4.68 Å². The Balaban J connectivity index is 0.00000128. The first-order valence-corrected chi connectivity index (χ1v) is 5.07. The van der Waals surface area contributed by atoms with E-state index in [-0.39, 0.29) is 24.1 Å². The number of halogens is 3. The lowest BCUT2D eigenvalue weighted by atomic mass is 10.1. The molecule has 16 heavy (non-hydrogen) atoms. The molecule has 0 spiro atoms. The van der Waals surface area contributed by atoms with Crippen LogP contribution in [0, 0.1) is 5.82 Å². The van der Waals surface area contributed by atoms with Gasteiger partial charge >= 0.3 is 0 Å². The summed E-state index contributed by atoms with van der Waals surface area (Å²) in [5.74, 6) is -0.0783. The summed E-state index contributed by atoms with van der Waals surface area (Å²) < 4.78 is 15.1. The van der Waals surface area contributed by atoms with Crippen molar-refractivity contribution in [1.82, 2.24) is 9.78 Å². The molecule has 0 bridgehead atoms. The Morgan fingerprint density at radius 3 is 2.62 bits per heavy atom. The van der Waals surface area contributed by atoms with Gasteiger partial charge < -0.3 is 0 Å². The standard InChI is InChI=1S/C11H10ClFN2.ClH/c1-15-7-10(6-14-15)8-2-3-9(5-12)11(13)4-8;/h2-4,6-7H,5H2,1H3;1H. The SMILES string of the molecule is Cl.Cn1cc(-c2ccc(CCl)c(F)c2)cn1. The van der Waals surface area contributed by atoms with Crippen LogP contribution in [-0.2, 0) is 12.9 Å². The number of hydrogen-bond acceptors (Lipinski definition) is 1. The summed E-state index contributed by atoms with van der Waals surface area (Å²) in [6, 6.07) is 5.03. The third-order valence-corrected chi connectivity index (χ3v) is 2.52. The van der Waals surface area contributed by atoms with Gasteiger partial charge in [0.05, 0.1) is 12.1 Å². The molecule has 2 rings (SSSR count). The summed E-state index contributed by atoms with van der Waals surface area (Å²) in [4.78, 5) is 0. The van der Waals surface area contributed by atoms with Gasteiger partial charge in [-0.05, 0) is 11.6 Å². The Kier molecular flexibility index (Phi) is 4.33. The van der Waals surface area contributed by atoms with Crippen molar-refractivity contribution < 1.29 is 4.39 Å². The highest BCUT2D eigenvalue weighted by atomic mass is 35.5. The van der Waals surface area contributed by atoms with E-state index >= 15 is 0 Å². The summed E-state index contributed by atoms with van der Waals surface area (Å²) in [6.07, 6.45) is 3.55. The highest BCUT2D eigenvalue weighted by Crippen LogP contribution is 2.21. The summed E-state index contributed by atoms with van der Waals surface area (Å²) in [6.45, 7) is 0. The molecular formula is C11H11Cl2FN2. The van der Waals surface area contributed by atoms with Crippen molar-refractivity contribution in [3.05, 3.63) is 42.0 Å². The van der Waals surface area contributed by atoms with Gasteiger partial charge in [-0.25, -0.2) is 4.39 Å². The lowest BCUT2D eigenvalue weighted by Crippen LogP contribution is -1.87. The fourth-order valence-corrected chi connectivity index (χ4v) is 1.62. The van der Waals surface area contributed by atoms with Gasteiger partial charge in [0, 0.05) is 24.4 Å². The van der Waals surface area contributed by atoms with Crippen LogP contribution in [0.2, 0.25) is 0 Å². The zero-order valence-corrected chi connectivity index (χ0v) is 10.2. The molecule has 2 nitrogen and oxygen atoms in total. The minimum Gasteiger partial charge on any atom is -0.275 e. The lowest BCUT2D eigenvalue weighted by Gasteiger charge is -2.01. The van der Waals surface area contributed by atoms with E-state index in [0.717, 1.165) is 11.1 Å². The number of alkyl halides is 1. The van der Waals surface area contributed by atoms with E-state index in [2.05, 4.69) is 5.10 Å². The lowest BCUT2D eigenvalue weighted by molar-refractivity contribution is 0.617. The monoisotopic (exact) mass is 260 g/mol. The molecule has 5 heteroatoms. The van der Waals surface area contributed by atoms with E-state index in [9.17, 15) is 4.39 Å². The Labute approximate surface area is 104 Å². The van der Waals surface area contributed by atoms with Crippen molar-refractivity contribution in [3.63, 3.8) is 0 Å². The second kappa shape index (κ2) is 5.32. The van der Waals surface area contributed by atoms with Crippen LogP contribution < -0.4 is 0 Å². The molecular weight excluding hydrogens is 250 g/mol. The molecule has 2 aromatic rings. The van der Waals surface area contributed by atoms with Gasteiger partial charge in [0.15, 0.2) is 0 Å². The number of aromatic nitrogens is 2. The third kappa shape index (κ3) is 2.54. The molecule has 0 aliphatic rings. The van der Waals surface area contributed by atoms with Crippen LogP contribution in [-0.4, -0.2) is 9.78 Å². The number of rotatable bonds is 2. The average molecular weight is 261 g/mol. The van der Waals surface area contributed by atoms with Gasteiger partial charge in [-0.15, -0.1) is 24.0 Å². The number of benzene rings is 1. The molecule has 0 saturated heterocycles. The third-order valence-electron chi connectivity index (χ3n) is 2.24. The predicted octanol–water partition coefficient (Wildman–Crippen LogP) is 3.39. The predicted molar refractivity (Wildman–Crippen MR) is 65.4 cm³/mol. The molecule has 1 heterocycles. The summed E-state index contributed by atoms with van der Waals surface area (Å²) in [5.41, 5.74) is 2.23. The quantitative estimate of drug-likeness (QED) is 0.758. The van der Waals surface area contributed by atoms with Crippen LogP contribution in [0.15, 0.2) is 30.6 Å². The van der Waals surface area contributed by atoms with Crippen molar-refractivity contribution >= 4 is 24.0 Å². The van der Waals surface area contributed by atoms with Crippen LogP contribution in [0.1, 0.15) is 5.56 Å². The van der Waals surface area contributed by atoms with Gasteiger partial charge in [-0.1, -0.05) is 12.1 Å². The summed E-state index contributed by atoms with van der Waals surface area (Å²) in [5, 5.41) is 4.03. The molecule has 86 valence electrons. The molecule has 0 aliphatic heterocycles. The second-order valence-corrected chi connectivity index (χ2v) is 3.61. The van der Waals surface area contributed by atoms with Crippen molar-refractivity contribution in [2.24, 2.45) is 7.05 Å². The molecule has 0 amide bonds. The first-order chi connectivity index (χ1) is 7.20. The maximum atomic E-state index is 13.4. The van der Waals surface area contributed by atoms with Crippen molar-refractivity contribution in [2.45, 2.75) is 5.88 Å². The Morgan fingerprint density at radius 1 is 1.38 bits per heavy atom. The minimum atomic E-state index is -0.272. The molecule has 1 aromatic carbocycles. The molecule has 0 unspecified atom stereocenters. The molecule has 0 atom stereocenters. The Bertz CT molecular complexity index is 483. The summed E-state index contributed by atoms with van der Waals surface area (Å²) in [7, 11) is 1.83. The van der Waals surface area contributed by atoms with Crippen molar-refractivity contribution in [2.75, 3.05) is 0 Å². The van der Waals surface area contributed by atoms with Crippen LogP contribution in [0.5, 0.6) is 0 Å². The van der Waals surface area contributed by atoms with Gasteiger partial charge in [0.2, 0.25) is 0 Å². The molecule has 0 aliphatic carbocycles. The molecule has 1 aromatic heterocycles. The van der Waals surface area contributed by atoms with Crippen molar-refractivity contribution in [3.8, 4) is 11.1 Å². The zero-order chi connectivity index (χ0) is 10.8. The summed E-state index contributed by atoms with van der Waals surface area (Å²) >= 11 is 5.58. The fourth-order valence-electron chi connectivity index (χ4n) is 1.41. The first kappa shape index (κ1) is 13.0. The zero-order valence-electron chi connectivity index (χ0n) is 8.65. The van der Waals surface area contributed by atoms with E-state index in [1.807, 2.05) is 19.3 Å². The first-order valence-electron chi connectivity index (χ1n) is 4.54. The van der Waals surface area contributed by atoms with Gasteiger partial charge in [-0.2, -0.15) is 5.10 Å². The van der Waals surface area contributed by atoms with Gasteiger partial charge in [0.1, 0.15) is 5.82 Å². The average Bonchev–Trinajstić information content (AvgIpc) is 2.65. The van der Waals surface area contributed by atoms with Crippen LogP contribution in [0.25, 0.3) is 11.1 Å². The van der Waals surface area contributed by atoms with E-state index < -0.39 is 0 Å². The maximum Gasteiger partial charge on any atom is 0.128 e. The maximum absolute atomic E-state index is 13.4. The smallest absolute Gasteiger partial charge is 0.128 e. The second-order valence-electron chi connectivity index (χ2n) is 3.34.